The number of rotatable bonds is 7. The molecule has 0 radical (unpaired) electrons. The lowest BCUT2D eigenvalue weighted by Crippen LogP contribution is -2.29. The minimum atomic E-state index is -0.829. The highest BCUT2D eigenvalue weighted by molar-refractivity contribution is 6.51. The Hall–Kier alpha value is -4.39. The maximum absolute atomic E-state index is 13.3. The molecule has 3 aromatic rings. The van der Waals surface area contributed by atoms with Crippen LogP contribution < -0.4 is 9.64 Å². The summed E-state index contributed by atoms with van der Waals surface area (Å²) in [5.74, 6) is -1.46. The zero-order chi connectivity index (χ0) is 25.8. The number of ether oxygens (including phenoxy) is 2. The van der Waals surface area contributed by atoms with Gasteiger partial charge in [-0.05, 0) is 60.9 Å². The number of aliphatic hydroxyl groups excluding tert-OH is 1. The predicted molar refractivity (Wildman–Crippen MR) is 136 cm³/mol. The molecule has 0 spiro atoms. The van der Waals surface area contributed by atoms with E-state index in [4.69, 9.17) is 9.47 Å². The van der Waals surface area contributed by atoms with Crippen LogP contribution in [0.15, 0.2) is 78.4 Å². The minimum Gasteiger partial charge on any atom is -0.507 e. The molecular weight excluding hydrogens is 458 g/mol. The summed E-state index contributed by atoms with van der Waals surface area (Å²) in [5, 5.41) is 11.3. The van der Waals surface area contributed by atoms with E-state index >= 15 is 0 Å². The number of carbonyl (C=O) groups excluding carboxylic acids is 3. The maximum atomic E-state index is 13.3. The average molecular weight is 486 g/mol. The largest absolute Gasteiger partial charge is 0.507 e. The van der Waals surface area contributed by atoms with Gasteiger partial charge in [0, 0.05) is 11.3 Å². The molecule has 1 aliphatic heterocycles. The molecule has 0 aromatic heterocycles. The summed E-state index contributed by atoms with van der Waals surface area (Å²) in [6.45, 7) is 3.88. The van der Waals surface area contributed by atoms with Crippen molar-refractivity contribution >= 4 is 29.1 Å². The number of hydrogen-bond donors (Lipinski definition) is 1. The van der Waals surface area contributed by atoms with E-state index in [-0.39, 0.29) is 23.7 Å². The van der Waals surface area contributed by atoms with Crippen molar-refractivity contribution in [2.24, 2.45) is 0 Å². The fraction of sp³-hybridized carbons (Fsp3) is 0.207. The molecule has 0 aliphatic carbocycles. The zero-order valence-corrected chi connectivity index (χ0v) is 20.4. The first-order valence-corrected chi connectivity index (χ1v) is 11.6. The Kier molecular flexibility index (Phi) is 7.20. The number of aliphatic hydroxyl groups is 1. The van der Waals surface area contributed by atoms with E-state index in [0.29, 0.717) is 29.2 Å². The highest BCUT2D eigenvalue weighted by Crippen LogP contribution is 2.42. The highest BCUT2D eigenvalue weighted by atomic mass is 16.5. The first-order chi connectivity index (χ1) is 17.3. The number of aryl methyl sites for hydroxylation is 1. The van der Waals surface area contributed by atoms with Gasteiger partial charge < -0.3 is 14.6 Å². The molecule has 1 unspecified atom stereocenters. The van der Waals surface area contributed by atoms with Gasteiger partial charge in [0.1, 0.15) is 11.5 Å². The lowest BCUT2D eigenvalue weighted by molar-refractivity contribution is -0.142. The van der Waals surface area contributed by atoms with Crippen molar-refractivity contribution in [1.82, 2.24) is 0 Å². The summed E-state index contributed by atoms with van der Waals surface area (Å²) in [6, 6.07) is 20.2. The molecular formula is C29H27NO6. The fourth-order valence-corrected chi connectivity index (χ4v) is 4.38. The summed E-state index contributed by atoms with van der Waals surface area (Å²) < 4.78 is 10.3. The van der Waals surface area contributed by atoms with Gasteiger partial charge in [-0.25, -0.2) is 0 Å². The van der Waals surface area contributed by atoms with Crippen LogP contribution in [0.2, 0.25) is 0 Å². The maximum Gasteiger partial charge on any atom is 0.310 e. The first-order valence-electron chi connectivity index (χ1n) is 11.6. The van der Waals surface area contributed by atoms with Crippen molar-refractivity contribution in [3.8, 4) is 5.75 Å². The summed E-state index contributed by atoms with van der Waals surface area (Å²) in [6.07, 6.45) is 0.103. The van der Waals surface area contributed by atoms with Crippen LogP contribution in [0, 0.1) is 6.92 Å². The van der Waals surface area contributed by atoms with Crippen LogP contribution in [-0.4, -0.2) is 36.5 Å². The molecule has 36 heavy (non-hydrogen) atoms. The SMILES string of the molecule is CCOC(=O)Cc1ccc(N2C(=O)C(=O)/C(=C(\O)c3ccc(OC)c(C)c3)C2c2ccccc2)cc1. The van der Waals surface area contributed by atoms with Crippen molar-refractivity contribution < 1.29 is 29.0 Å². The van der Waals surface area contributed by atoms with Crippen LogP contribution in [-0.2, 0) is 25.5 Å². The molecule has 7 heteroatoms. The van der Waals surface area contributed by atoms with Gasteiger partial charge in [-0.2, -0.15) is 0 Å². The third-order valence-corrected chi connectivity index (χ3v) is 6.10. The van der Waals surface area contributed by atoms with Crippen molar-refractivity contribution in [1.29, 1.82) is 0 Å². The number of benzene rings is 3. The molecule has 1 atom stereocenters. The second-order valence-electron chi connectivity index (χ2n) is 8.41. The van der Waals surface area contributed by atoms with Gasteiger partial charge in [-0.15, -0.1) is 0 Å². The monoisotopic (exact) mass is 485 g/mol. The Morgan fingerprint density at radius 1 is 1.00 bits per heavy atom. The van der Waals surface area contributed by atoms with Gasteiger partial charge in [0.2, 0.25) is 0 Å². The summed E-state index contributed by atoms with van der Waals surface area (Å²) in [7, 11) is 1.56. The number of nitrogens with zero attached hydrogens (tertiary/aromatic N) is 1. The quantitative estimate of drug-likeness (QED) is 0.225. The minimum absolute atomic E-state index is 0.00590. The standard InChI is InChI=1S/C29H27NO6/c1-4-36-24(31)17-19-10-13-22(14-11-19)30-26(20-8-6-5-7-9-20)25(28(33)29(30)34)27(32)21-12-15-23(35-3)18(2)16-21/h5-16,26,32H,4,17H2,1-3H3/b27-25-. The van der Waals surface area contributed by atoms with E-state index in [2.05, 4.69) is 0 Å². The highest BCUT2D eigenvalue weighted by Gasteiger charge is 2.46. The summed E-state index contributed by atoms with van der Waals surface area (Å²) in [4.78, 5) is 39.8. The molecule has 1 amide bonds. The van der Waals surface area contributed by atoms with Crippen molar-refractivity contribution in [2.75, 3.05) is 18.6 Å². The first kappa shape index (κ1) is 24.7. The molecule has 0 bridgehead atoms. The number of esters is 1. The molecule has 1 N–H and O–H groups in total. The van der Waals surface area contributed by atoms with Crippen LogP contribution in [0.3, 0.4) is 0 Å². The summed E-state index contributed by atoms with van der Waals surface area (Å²) >= 11 is 0. The van der Waals surface area contributed by atoms with Gasteiger partial charge in [0.25, 0.3) is 11.7 Å². The van der Waals surface area contributed by atoms with E-state index in [1.807, 2.05) is 37.3 Å². The normalized spacial score (nSPS) is 16.8. The third-order valence-electron chi connectivity index (χ3n) is 6.10. The van der Waals surface area contributed by atoms with Gasteiger partial charge in [0.05, 0.1) is 31.8 Å². The van der Waals surface area contributed by atoms with Gasteiger partial charge in [-0.3, -0.25) is 19.3 Å². The second-order valence-corrected chi connectivity index (χ2v) is 8.41. The van der Waals surface area contributed by atoms with E-state index in [9.17, 15) is 19.5 Å². The Balaban J connectivity index is 1.80. The van der Waals surface area contributed by atoms with Crippen LogP contribution >= 0.6 is 0 Å². The summed E-state index contributed by atoms with van der Waals surface area (Å²) in [5.41, 5.74) is 3.08. The number of anilines is 1. The van der Waals surface area contributed by atoms with E-state index in [0.717, 1.165) is 11.1 Å². The van der Waals surface area contributed by atoms with Gasteiger partial charge >= 0.3 is 5.97 Å². The number of amides is 1. The van der Waals surface area contributed by atoms with E-state index < -0.39 is 17.7 Å². The number of carbonyl (C=O) groups is 3. The molecule has 0 saturated carbocycles. The molecule has 1 aliphatic rings. The Bertz CT molecular complexity index is 1330. The molecule has 1 fully saturated rings. The van der Waals surface area contributed by atoms with Crippen molar-refractivity contribution in [2.45, 2.75) is 26.3 Å². The number of methoxy groups -OCH3 is 1. The Morgan fingerprint density at radius 2 is 1.69 bits per heavy atom. The second kappa shape index (κ2) is 10.5. The molecule has 3 aromatic carbocycles. The van der Waals surface area contributed by atoms with Gasteiger partial charge in [0.15, 0.2) is 0 Å². The smallest absolute Gasteiger partial charge is 0.310 e. The molecule has 7 nitrogen and oxygen atoms in total. The third kappa shape index (κ3) is 4.73. The van der Waals surface area contributed by atoms with Crippen molar-refractivity contribution in [3.63, 3.8) is 0 Å². The van der Waals surface area contributed by atoms with Crippen molar-refractivity contribution in [3.05, 3.63) is 101 Å². The van der Waals surface area contributed by atoms with Crippen LogP contribution in [0.25, 0.3) is 5.76 Å². The Morgan fingerprint density at radius 3 is 2.31 bits per heavy atom. The fourth-order valence-electron chi connectivity index (χ4n) is 4.38. The lowest BCUT2D eigenvalue weighted by Gasteiger charge is -2.25. The lowest BCUT2D eigenvalue weighted by atomic mass is 9.94. The van der Waals surface area contributed by atoms with Crippen LogP contribution in [0.4, 0.5) is 5.69 Å². The predicted octanol–water partition coefficient (Wildman–Crippen LogP) is 4.74. The molecule has 1 saturated heterocycles. The Labute approximate surface area is 209 Å². The molecule has 1 heterocycles. The number of hydrogen-bond acceptors (Lipinski definition) is 6. The van der Waals surface area contributed by atoms with E-state index in [1.165, 1.54) is 4.90 Å². The van der Waals surface area contributed by atoms with Gasteiger partial charge in [-0.1, -0.05) is 42.5 Å². The topological polar surface area (TPSA) is 93.1 Å². The van der Waals surface area contributed by atoms with Crippen LogP contribution in [0.1, 0.15) is 35.2 Å². The number of ketones is 1. The average Bonchev–Trinajstić information content (AvgIpc) is 3.15. The number of Topliss-reactive ketones (excluding diaryl/α,β-unsaturated/α-hetero) is 1. The molecule has 4 rings (SSSR count). The van der Waals surface area contributed by atoms with Crippen LogP contribution in [0.5, 0.6) is 5.75 Å². The zero-order valence-electron chi connectivity index (χ0n) is 20.4. The van der Waals surface area contributed by atoms with E-state index in [1.54, 1.807) is 56.5 Å². The molecule has 184 valence electrons.